The SMILES string of the molecule is COC(=O)c1ccccc1CN1CCN(C(=O)COc2ccc(OC)cc2)CC1. The van der Waals surface area contributed by atoms with Gasteiger partial charge in [0.1, 0.15) is 11.5 Å². The second kappa shape index (κ2) is 9.93. The standard InChI is InChI=1S/C22H26N2O5/c1-27-18-7-9-19(10-8-18)29-16-21(25)24-13-11-23(12-14-24)15-17-5-3-4-6-20(17)22(26)28-2/h3-10H,11-16H2,1-2H3. The Labute approximate surface area is 170 Å². The van der Waals surface area contributed by atoms with Crippen molar-refractivity contribution < 1.29 is 23.8 Å². The lowest BCUT2D eigenvalue weighted by Crippen LogP contribution is -2.49. The molecular weight excluding hydrogens is 372 g/mol. The van der Waals surface area contributed by atoms with Crippen LogP contribution in [0.2, 0.25) is 0 Å². The van der Waals surface area contributed by atoms with Crippen LogP contribution >= 0.6 is 0 Å². The molecule has 0 atom stereocenters. The zero-order valence-electron chi connectivity index (χ0n) is 16.8. The number of hydrogen-bond acceptors (Lipinski definition) is 6. The van der Waals surface area contributed by atoms with E-state index < -0.39 is 0 Å². The molecule has 1 aliphatic rings. The van der Waals surface area contributed by atoms with Gasteiger partial charge in [-0.2, -0.15) is 0 Å². The summed E-state index contributed by atoms with van der Waals surface area (Å²) in [6.07, 6.45) is 0. The molecule has 29 heavy (non-hydrogen) atoms. The molecule has 7 nitrogen and oxygen atoms in total. The molecule has 0 N–H and O–H groups in total. The van der Waals surface area contributed by atoms with E-state index in [1.54, 1.807) is 37.4 Å². The largest absolute Gasteiger partial charge is 0.497 e. The van der Waals surface area contributed by atoms with Gasteiger partial charge in [0.2, 0.25) is 0 Å². The van der Waals surface area contributed by atoms with Crippen LogP contribution in [0.4, 0.5) is 0 Å². The first-order valence-electron chi connectivity index (χ1n) is 9.54. The van der Waals surface area contributed by atoms with Crippen molar-refractivity contribution in [3.63, 3.8) is 0 Å². The van der Waals surface area contributed by atoms with Gasteiger partial charge in [-0.05, 0) is 35.9 Å². The predicted molar refractivity (Wildman–Crippen MR) is 108 cm³/mol. The number of carbonyl (C=O) groups excluding carboxylic acids is 2. The van der Waals surface area contributed by atoms with E-state index in [1.165, 1.54) is 7.11 Å². The van der Waals surface area contributed by atoms with Gasteiger partial charge < -0.3 is 19.1 Å². The highest BCUT2D eigenvalue weighted by atomic mass is 16.5. The average Bonchev–Trinajstić information content (AvgIpc) is 2.78. The number of benzene rings is 2. The molecule has 154 valence electrons. The van der Waals surface area contributed by atoms with E-state index in [9.17, 15) is 9.59 Å². The Morgan fingerprint density at radius 3 is 2.21 bits per heavy atom. The van der Waals surface area contributed by atoms with E-state index in [1.807, 2.05) is 23.1 Å². The molecule has 0 bridgehead atoms. The number of methoxy groups -OCH3 is 2. The zero-order valence-corrected chi connectivity index (χ0v) is 16.8. The van der Waals surface area contributed by atoms with E-state index in [0.717, 1.165) is 24.4 Å². The number of nitrogens with zero attached hydrogens (tertiary/aromatic N) is 2. The summed E-state index contributed by atoms with van der Waals surface area (Å²) >= 11 is 0. The van der Waals surface area contributed by atoms with Crippen LogP contribution in [0.15, 0.2) is 48.5 Å². The van der Waals surface area contributed by atoms with Crippen molar-refractivity contribution in [1.29, 1.82) is 0 Å². The Morgan fingerprint density at radius 2 is 1.55 bits per heavy atom. The molecule has 1 heterocycles. The van der Waals surface area contributed by atoms with Gasteiger partial charge in [0.05, 0.1) is 19.8 Å². The van der Waals surface area contributed by atoms with Crippen LogP contribution in [0.25, 0.3) is 0 Å². The summed E-state index contributed by atoms with van der Waals surface area (Å²) in [4.78, 5) is 28.4. The van der Waals surface area contributed by atoms with Crippen molar-refractivity contribution in [3.8, 4) is 11.5 Å². The molecule has 1 aliphatic heterocycles. The Hall–Kier alpha value is -3.06. The fourth-order valence-corrected chi connectivity index (χ4v) is 3.27. The molecule has 7 heteroatoms. The summed E-state index contributed by atoms with van der Waals surface area (Å²) in [7, 11) is 2.99. The molecule has 0 aromatic heterocycles. The van der Waals surface area contributed by atoms with Crippen LogP contribution in [0.3, 0.4) is 0 Å². The molecule has 0 spiro atoms. The number of rotatable bonds is 7. The van der Waals surface area contributed by atoms with Crippen LogP contribution in [0.5, 0.6) is 11.5 Å². The van der Waals surface area contributed by atoms with Gasteiger partial charge in [-0.1, -0.05) is 18.2 Å². The maximum absolute atomic E-state index is 12.4. The molecular formula is C22H26N2O5. The summed E-state index contributed by atoms with van der Waals surface area (Å²) in [5, 5.41) is 0. The quantitative estimate of drug-likeness (QED) is 0.666. The molecule has 2 aromatic rings. The highest BCUT2D eigenvalue weighted by Gasteiger charge is 2.22. The minimum absolute atomic E-state index is 0.0114. The third-order valence-corrected chi connectivity index (χ3v) is 4.96. The number of carbonyl (C=O) groups is 2. The first-order chi connectivity index (χ1) is 14.1. The van der Waals surface area contributed by atoms with Crippen LogP contribution in [0.1, 0.15) is 15.9 Å². The monoisotopic (exact) mass is 398 g/mol. The normalized spacial score (nSPS) is 14.3. The highest BCUT2D eigenvalue weighted by molar-refractivity contribution is 5.90. The number of piperazine rings is 1. The van der Waals surface area contributed by atoms with Gasteiger partial charge in [-0.15, -0.1) is 0 Å². The molecule has 0 unspecified atom stereocenters. The van der Waals surface area contributed by atoms with Gasteiger partial charge in [0, 0.05) is 32.7 Å². The van der Waals surface area contributed by atoms with E-state index >= 15 is 0 Å². The molecule has 0 aliphatic carbocycles. The van der Waals surface area contributed by atoms with Crippen LogP contribution in [0, 0.1) is 0 Å². The second-order valence-corrected chi connectivity index (χ2v) is 6.77. The lowest BCUT2D eigenvalue weighted by molar-refractivity contribution is -0.135. The van der Waals surface area contributed by atoms with E-state index in [-0.39, 0.29) is 18.5 Å². The van der Waals surface area contributed by atoms with E-state index in [0.29, 0.717) is 30.9 Å². The summed E-state index contributed by atoms with van der Waals surface area (Å²) in [6.45, 7) is 3.40. The first kappa shape index (κ1) is 20.7. The second-order valence-electron chi connectivity index (χ2n) is 6.77. The Bertz CT molecular complexity index is 829. The minimum atomic E-state index is -0.329. The van der Waals surface area contributed by atoms with E-state index in [4.69, 9.17) is 14.2 Å². The van der Waals surface area contributed by atoms with Crippen LogP contribution < -0.4 is 9.47 Å². The van der Waals surface area contributed by atoms with Crippen molar-refractivity contribution in [2.24, 2.45) is 0 Å². The summed E-state index contributed by atoms with van der Waals surface area (Å²) in [5.74, 6) is 1.02. The summed E-state index contributed by atoms with van der Waals surface area (Å²) < 4.78 is 15.6. The molecule has 1 saturated heterocycles. The predicted octanol–water partition coefficient (Wildman–Crippen LogP) is 2.21. The van der Waals surface area contributed by atoms with Crippen molar-refractivity contribution >= 4 is 11.9 Å². The third-order valence-electron chi connectivity index (χ3n) is 4.96. The average molecular weight is 398 g/mol. The Morgan fingerprint density at radius 1 is 0.897 bits per heavy atom. The number of hydrogen-bond donors (Lipinski definition) is 0. The van der Waals surface area contributed by atoms with Gasteiger partial charge in [-0.25, -0.2) is 4.79 Å². The zero-order chi connectivity index (χ0) is 20.6. The van der Waals surface area contributed by atoms with Crippen LogP contribution in [-0.4, -0.2) is 68.7 Å². The maximum Gasteiger partial charge on any atom is 0.338 e. The van der Waals surface area contributed by atoms with Gasteiger partial charge in [-0.3, -0.25) is 9.69 Å². The number of ether oxygens (including phenoxy) is 3. The molecule has 1 fully saturated rings. The lowest BCUT2D eigenvalue weighted by atomic mass is 10.1. The fourth-order valence-electron chi connectivity index (χ4n) is 3.27. The van der Waals surface area contributed by atoms with Crippen molar-refractivity contribution in [3.05, 3.63) is 59.7 Å². The van der Waals surface area contributed by atoms with Crippen molar-refractivity contribution in [1.82, 2.24) is 9.80 Å². The minimum Gasteiger partial charge on any atom is -0.497 e. The Kier molecular flexibility index (Phi) is 7.08. The molecule has 0 saturated carbocycles. The molecule has 2 aromatic carbocycles. The number of esters is 1. The van der Waals surface area contributed by atoms with Gasteiger partial charge in [0.15, 0.2) is 6.61 Å². The summed E-state index contributed by atoms with van der Waals surface area (Å²) in [5.41, 5.74) is 1.52. The maximum atomic E-state index is 12.4. The number of amides is 1. The van der Waals surface area contributed by atoms with Gasteiger partial charge >= 0.3 is 5.97 Å². The van der Waals surface area contributed by atoms with Crippen molar-refractivity contribution in [2.45, 2.75) is 6.54 Å². The smallest absolute Gasteiger partial charge is 0.338 e. The first-order valence-corrected chi connectivity index (χ1v) is 9.54. The third kappa shape index (κ3) is 5.48. The fraction of sp³-hybridized carbons (Fsp3) is 0.364. The lowest BCUT2D eigenvalue weighted by Gasteiger charge is -2.34. The topological polar surface area (TPSA) is 68.3 Å². The highest BCUT2D eigenvalue weighted by Crippen LogP contribution is 2.18. The molecule has 3 rings (SSSR count). The van der Waals surface area contributed by atoms with Gasteiger partial charge in [0.25, 0.3) is 5.91 Å². The summed E-state index contributed by atoms with van der Waals surface area (Å²) in [6, 6.07) is 14.6. The van der Waals surface area contributed by atoms with Crippen LogP contribution in [-0.2, 0) is 16.1 Å². The van der Waals surface area contributed by atoms with Crippen molar-refractivity contribution in [2.75, 3.05) is 47.0 Å². The molecule has 0 radical (unpaired) electrons. The Balaban J connectivity index is 1.47. The van der Waals surface area contributed by atoms with E-state index in [2.05, 4.69) is 4.90 Å². The molecule has 1 amide bonds.